The zero-order valence-corrected chi connectivity index (χ0v) is 10.6. The first kappa shape index (κ1) is 14.0. The Morgan fingerprint density at radius 3 is 2.35 bits per heavy atom. The molecule has 1 aromatic carbocycles. The molecule has 1 heterocycles. The number of hydrogen-bond acceptors (Lipinski definition) is 4. The highest BCUT2D eigenvalue weighted by Crippen LogP contribution is 2.32. The molecule has 2 rings (SSSR count). The summed E-state index contributed by atoms with van der Waals surface area (Å²) in [6, 6.07) is 6.19. The largest absolute Gasteiger partial charge is 0.464 e. The molecule has 0 atom stereocenters. The number of halogens is 3. The average molecular weight is 285 g/mol. The van der Waals surface area contributed by atoms with Gasteiger partial charge in [0.2, 0.25) is 5.69 Å². The number of aryl methyl sites for hydroxylation is 1. The molecule has 0 bridgehead atoms. The van der Waals surface area contributed by atoms with E-state index in [0.29, 0.717) is 4.68 Å². The van der Waals surface area contributed by atoms with Gasteiger partial charge in [-0.2, -0.15) is 13.2 Å². The third-order valence-corrected chi connectivity index (χ3v) is 2.60. The van der Waals surface area contributed by atoms with Crippen LogP contribution in [-0.2, 0) is 10.9 Å². The molecule has 0 aliphatic rings. The van der Waals surface area contributed by atoms with Gasteiger partial charge >= 0.3 is 12.1 Å². The van der Waals surface area contributed by atoms with Gasteiger partial charge in [0.1, 0.15) is 0 Å². The third-order valence-electron chi connectivity index (χ3n) is 2.60. The maximum absolute atomic E-state index is 13.1. The highest BCUT2D eigenvalue weighted by molar-refractivity contribution is 5.88. The molecule has 0 aliphatic carbocycles. The van der Waals surface area contributed by atoms with Gasteiger partial charge in [-0.05, 0) is 19.1 Å². The van der Waals surface area contributed by atoms with E-state index >= 15 is 0 Å². The van der Waals surface area contributed by atoms with Crippen LogP contribution in [0.4, 0.5) is 13.2 Å². The van der Waals surface area contributed by atoms with Gasteiger partial charge in [0.25, 0.3) is 0 Å². The van der Waals surface area contributed by atoms with Crippen molar-refractivity contribution in [3.8, 4) is 5.69 Å². The topological polar surface area (TPSA) is 57.0 Å². The molecule has 2 aromatic rings. The molecule has 0 saturated carbocycles. The zero-order valence-electron chi connectivity index (χ0n) is 10.6. The summed E-state index contributed by atoms with van der Waals surface area (Å²) in [5.41, 5.74) is -1.07. The lowest BCUT2D eigenvalue weighted by Gasteiger charge is -2.10. The predicted molar refractivity (Wildman–Crippen MR) is 62.4 cm³/mol. The van der Waals surface area contributed by atoms with Crippen LogP contribution in [0.1, 0.15) is 21.7 Å². The number of esters is 1. The standard InChI is InChI=1S/C12H10F3N3O2/c1-7-3-5-8(6-4-7)18-10(12(13,14)15)9(16-17-18)11(19)20-2/h3-6H,1-2H3. The summed E-state index contributed by atoms with van der Waals surface area (Å²) in [4.78, 5) is 11.3. The number of carbonyl (C=O) groups is 1. The summed E-state index contributed by atoms with van der Waals surface area (Å²) in [5.74, 6) is -1.18. The Bertz CT molecular complexity index is 632. The first-order chi connectivity index (χ1) is 9.34. The molecule has 8 heteroatoms. The van der Waals surface area contributed by atoms with Gasteiger partial charge in [-0.25, -0.2) is 9.48 Å². The van der Waals surface area contributed by atoms with E-state index in [-0.39, 0.29) is 5.69 Å². The van der Waals surface area contributed by atoms with Gasteiger partial charge in [0.05, 0.1) is 12.8 Å². The van der Waals surface area contributed by atoms with Crippen molar-refractivity contribution in [1.29, 1.82) is 0 Å². The molecule has 0 aliphatic heterocycles. The van der Waals surface area contributed by atoms with Gasteiger partial charge in [0.15, 0.2) is 5.69 Å². The van der Waals surface area contributed by atoms with Gasteiger partial charge in [-0.15, -0.1) is 5.10 Å². The van der Waals surface area contributed by atoms with E-state index in [4.69, 9.17) is 0 Å². The maximum atomic E-state index is 13.1. The van der Waals surface area contributed by atoms with Gasteiger partial charge in [0, 0.05) is 0 Å². The average Bonchev–Trinajstić information content (AvgIpc) is 2.83. The van der Waals surface area contributed by atoms with Crippen LogP contribution >= 0.6 is 0 Å². The number of nitrogens with zero attached hydrogens (tertiary/aromatic N) is 3. The second-order valence-electron chi connectivity index (χ2n) is 4.02. The smallest absolute Gasteiger partial charge is 0.436 e. The summed E-state index contributed by atoms with van der Waals surface area (Å²) in [6.45, 7) is 1.80. The van der Waals surface area contributed by atoms with Crippen LogP contribution in [0.15, 0.2) is 24.3 Å². The minimum Gasteiger partial charge on any atom is -0.464 e. The lowest BCUT2D eigenvalue weighted by Crippen LogP contribution is -2.18. The molecule has 0 N–H and O–H groups in total. The number of benzene rings is 1. The fourth-order valence-corrected chi connectivity index (χ4v) is 1.64. The van der Waals surface area contributed by atoms with Gasteiger partial charge in [-0.1, -0.05) is 22.9 Å². The van der Waals surface area contributed by atoms with Crippen molar-refractivity contribution < 1.29 is 22.7 Å². The van der Waals surface area contributed by atoms with E-state index in [9.17, 15) is 18.0 Å². The minimum atomic E-state index is -4.78. The van der Waals surface area contributed by atoms with Crippen molar-refractivity contribution in [3.05, 3.63) is 41.2 Å². The molecular formula is C12H10F3N3O2. The lowest BCUT2D eigenvalue weighted by atomic mass is 10.2. The summed E-state index contributed by atoms with van der Waals surface area (Å²) in [6.07, 6.45) is -4.78. The van der Waals surface area contributed by atoms with Gasteiger partial charge < -0.3 is 4.74 Å². The Kier molecular flexibility index (Phi) is 3.47. The molecule has 0 amide bonds. The van der Waals surface area contributed by atoms with E-state index < -0.39 is 23.5 Å². The normalized spacial score (nSPS) is 11.4. The van der Waals surface area contributed by atoms with Crippen molar-refractivity contribution in [2.24, 2.45) is 0 Å². The summed E-state index contributed by atoms with van der Waals surface area (Å²) < 4.78 is 44.1. The number of carbonyl (C=O) groups excluding carboxylic acids is 1. The third kappa shape index (κ3) is 2.49. The molecule has 0 spiro atoms. The molecule has 0 fully saturated rings. The first-order valence-electron chi connectivity index (χ1n) is 5.53. The minimum absolute atomic E-state index is 0.158. The van der Waals surface area contributed by atoms with Crippen LogP contribution < -0.4 is 0 Å². The second kappa shape index (κ2) is 4.95. The Hall–Kier alpha value is -2.38. The predicted octanol–water partition coefficient (Wildman–Crippen LogP) is 2.38. The first-order valence-corrected chi connectivity index (χ1v) is 5.53. The van der Waals surface area contributed by atoms with Crippen LogP contribution in [0.2, 0.25) is 0 Å². The van der Waals surface area contributed by atoms with E-state index in [0.717, 1.165) is 12.7 Å². The number of aromatic nitrogens is 3. The summed E-state index contributed by atoms with van der Waals surface area (Å²) in [5, 5.41) is 6.67. The Morgan fingerprint density at radius 2 is 1.85 bits per heavy atom. The van der Waals surface area contributed by atoms with Crippen molar-refractivity contribution in [2.75, 3.05) is 7.11 Å². The fourth-order valence-electron chi connectivity index (χ4n) is 1.64. The zero-order chi connectivity index (χ0) is 14.9. The molecule has 5 nitrogen and oxygen atoms in total. The Balaban J connectivity index is 2.62. The van der Waals surface area contributed by atoms with Crippen LogP contribution in [-0.4, -0.2) is 28.1 Å². The molecular weight excluding hydrogens is 275 g/mol. The van der Waals surface area contributed by atoms with Crippen molar-refractivity contribution in [1.82, 2.24) is 15.0 Å². The van der Waals surface area contributed by atoms with Crippen LogP contribution in [0.5, 0.6) is 0 Å². The quantitative estimate of drug-likeness (QED) is 0.795. The lowest BCUT2D eigenvalue weighted by molar-refractivity contribution is -0.143. The molecule has 106 valence electrons. The second-order valence-corrected chi connectivity index (χ2v) is 4.02. The number of ether oxygens (including phenoxy) is 1. The maximum Gasteiger partial charge on any atom is 0.436 e. The van der Waals surface area contributed by atoms with Crippen molar-refractivity contribution in [2.45, 2.75) is 13.1 Å². The van der Waals surface area contributed by atoms with E-state index in [1.807, 2.05) is 0 Å². The summed E-state index contributed by atoms with van der Waals surface area (Å²) in [7, 11) is 0.980. The van der Waals surface area contributed by atoms with Crippen molar-refractivity contribution >= 4 is 5.97 Å². The number of alkyl halides is 3. The molecule has 0 radical (unpaired) electrons. The van der Waals surface area contributed by atoms with E-state index in [2.05, 4.69) is 15.0 Å². The number of rotatable bonds is 2. The van der Waals surface area contributed by atoms with Crippen LogP contribution in [0.3, 0.4) is 0 Å². The SMILES string of the molecule is COC(=O)c1nnn(-c2ccc(C)cc2)c1C(F)(F)F. The monoisotopic (exact) mass is 285 g/mol. The van der Waals surface area contributed by atoms with Crippen LogP contribution in [0, 0.1) is 6.92 Å². The van der Waals surface area contributed by atoms with Crippen LogP contribution in [0.25, 0.3) is 5.69 Å². The molecule has 20 heavy (non-hydrogen) atoms. The molecule has 1 aromatic heterocycles. The number of hydrogen-bond donors (Lipinski definition) is 0. The fraction of sp³-hybridized carbons (Fsp3) is 0.250. The molecule has 0 unspecified atom stereocenters. The van der Waals surface area contributed by atoms with Crippen molar-refractivity contribution in [3.63, 3.8) is 0 Å². The van der Waals surface area contributed by atoms with E-state index in [1.54, 1.807) is 19.1 Å². The number of methoxy groups -OCH3 is 1. The van der Waals surface area contributed by atoms with Gasteiger partial charge in [-0.3, -0.25) is 0 Å². The Labute approximate surface area is 112 Å². The summed E-state index contributed by atoms with van der Waals surface area (Å²) >= 11 is 0. The Morgan fingerprint density at radius 1 is 1.25 bits per heavy atom. The molecule has 0 saturated heterocycles. The highest BCUT2D eigenvalue weighted by atomic mass is 19.4. The highest BCUT2D eigenvalue weighted by Gasteiger charge is 2.42. The van der Waals surface area contributed by atoms with E-state index in [1.165, 1.54) is 12.1 Å².